The minimum atomic E-state index is 0.0857. The summed E-state index contributed by atoms with van der Waals surface area (Å²) in [6.07, 6.45) is 6.13. The van der Waals surface area contributed by atoms with Gasteiger partial charge in [-0.05, 0) is 40.7 Å². The van der Waals surface area contributed by atoms with Gasteiger partial charge in [-0.1, -0.05) is 39.0 Å². The van der Waals surface area contributed by atoms with Crippen LogP contribution in [0.2, 0.25) is 0 Å². The van der Waals surface area contributed by atoms with Gasteiger partial charge in [0.25, 0.3) is 0 Å². The Balaban J connectivity index is 2.56. The van der Waals surface area contributed by atoms with Gasteiger partial charge in [-0.3, -0.25) is 4.79 Å². The summed E-state index contributed by atoms with van der Waals surface area (Å²) in [5, 5.41) is 0. The summed E-state index contributed by atoms with van der Waals surface area (Å²) in [5.41, 5.74) is 4.35. The Hall–Kier alpha value is -1.83. The van der Waals surface area contributed by atoms with E-state index in [1.54, 1.807) is 13.2 Å². The highest BCUT2D eigenvalue weighted by Crippen LogP contribution is 2.40. The van der Waals surface area contributed by atoms with Crippen LogP contribution in [-0.2, 0) is 0 Å². The molecule has 0 saturated heterocycles. The lowest BCUT2D eigenvalue weighted by Gasteiger charge is -2.22. The molecule has 2 rings (SSSR count). The molecule has 100 valence electrons. The van der Waals surface area contributed by atoms with E-state index in [4.69, 9.17) is 4.74 Å². The van der Waals surface area contributed by atoms with Gasteiger partial charge in [-0.2, -0.15) is 0 Å². The molecule has 1 aliphatic carbocycles. The zero-order valence-corrected chi connectivity index (χ0v) is 12.0. The lowest BCUT2D eigenvalue weighted by Crippen LogP contribution is -2.09. The lowest BCUT2D eigenvalue weighted by atomic mass is 9.82. The molecule has 1 aliphatic rings. The Morgan fingerprint density at radius 2 is 2.00 bits per heavy atom. The van der Waals surface area contributed by atoms with E-state index in [1.807, 2.05) is 12.1 Å². The summed E-state index contributed by atoms with van der Waals surface area (Å²) in [6.45, 7) is 6.59. The first-order chi connectivity index (χ1) is 8.97. The average Bonchev–Trinajstić information content (AvgIpc) is 2.86. The summed E-state index contributed by atoms with van der Waals surface area (Å²) in [4.78, 5) is 11.3. The van der Waals surface area contributed by atoms with Crippen molar-refractivity contribution in [2.45, 2.75) is 27.2 Å². The van der Waals surface area contributed by atoms with Crippen molar-refractivity contribution in [3.05, 3.63) is 47.1 Å². The molecule has 0 N–H and O–H groups in total. The summed E-state index contributed by atoms with van der Waals surface area (Å²) in [6, 6.07) is 5.69. The highest BCUT2D eigenvalue weighted by molar-refractivity contribution is 5.89. The first kappa shape index (κ1) is 13.6. The van der Waals surface area contributed by atoms with E-state index in [2.05, 4.69) is 32.9 Å². The van der Waals surface area contributed by atoms with Crippen molar-refractivity contribution in [1.29, 1.82) is 0 Å². The SMILES string of the molecule is COc1ccc(C2=C(C(C)(C)C)C=CC2)c(C=O)c1. The van der Waals surface area contributed by atoms with Crippen LogP contribution in [0.5, 0.6) is 5.75 Å². The third kappa shape index (κ3) is 2.62. The van der Waals surface area contributed by atoms with Crippen LogP contribution in [0, 0.1) is 5.41 Å². The fourth-order valence-corrected chi connectivity index (χ4v) is 2.50. The summed E-state index contributed by atoms with van der Waals surface area (Å²) < 4.78 is 5.18. The van der Waals surface area contributed by atoms with E-state index >= 15 is 0 Å². The molecule has 0 unspecified atom stereocenters. The predicted octanol–water partition coefficient (Wildman–Crippen LogP) is 4.27. The quantitative estimate of drug-likeness (QED) is 0.755. The lowest BCUT2D eigenvalue weighted by molar-refractivity contribution is 0.112. The van der Waals surface area contributed by atoms with Crippen LogP contribution in [0.4, 0.5) is 0 Å². The fourth-order valence-electron chi connectivity index (χ4n) is 2.50. The van der Waals surface area contributed by atoms with Crippen molar-refractivity contribution in [3.8, 4) is 5.75 Å². The Morgan fingerprint density at radius 1 is 1.26 bits per heavy atom. The molecule has 0 fully saturated rings. The van der Waals surface area contributed by atoms with Gasteiger partial charge in [-0.25, -0.2) is 0 Å². The third-order valence-corrected chi connectivity index (χ3v) is 3.45. The van der Waals surface area contributed by atoms with E-state index in [0.29, 0.717) is 5.56 Å². The van der Waals surface area contributed by atoms with E-state index in [1.165, 1.54) is 11.1 Å². The minimum Gasteiger partial charge on any atom is -0.497 e. The smallest absolute Gasteiger partial charge is 0.150 e. The molecule has 0 radical (unpaired) electrons. The van der Waals surface area contributed by atoms with Crippen LogP contribution < -0.4 is 4.74 Å². The Bertz CT molecular complexity index is 557. The number of hydrogen-bond donors (Lipinski definition) is 0. The highest BCUT2D eigenvalue weighted by Gasteiger charge is 2.23. The average molecular weight is 256 g/mol. The molecule has 0 heterocycles. The second-order valence-corrected chi connectivity index (χ2v) is 5.82. The third-order valence-electron chi connectivity index (χ3n) is 3.45. The molecule has 2 heteroatoms. The number of hydrogen-bond acceptors (Lipinski definition) is 2. The number of aldehydes is 1. The van der Waals surface area contributed by atoms with E-state index in [9.17, 15) is 4.79 Å². The van der Waals surface area contributed by atoms with Crippen molar-refractivity contribution in [3.63, 3.8) is 0 Å². The first-order valence-corrected chi connectivity index (χ1v) is 6.51. The molecule has 0 atom stereocenters. The van der Waals surface area contributed by atoms with Gasteiger partial charge < -0.3 is 4.74 Å². The van der Waals surface area contributed by atoms with Crippen molar-refractivity contribution >= 4 is 11.9 Å². The molecule has 1 aromatic rings. The van der Waals surface area contributed by atoms with Crippen LogP contribution in [-0.4, -0.2) is 13.4 Å². The zero-order chi connectivity index (χ0) is 14.0. The highest BCUT2D eigenvalue weighted by atomic mass is 16.5. The minimum absolute atomic E-state index is 0.0857. The van der Waals surface area contributed by atoms with E-state index < -0.39 is 0 Å². The van der Waals surface area contributed by atoms with Crippen LogP contribution in [0.3, 0.4) is 0 Å². The zero-order valence-electron chi connectivity index (χ0n) is 12.0. The molecule has 2 nitrogen and oxygen atoms in total. The van der Waals surface area contributed by atoms with Gasteiger partial charge in [-0.15, -0.1) is 0 Å². The van der Waals surface area contributed by atoms with E-state index in [0.717, 1.165) is 24.0 Å². The number of carbonyl (C=O) groups excluding carboxylic acids is 1. The fraction of sp³-hybridized carbons (Fsp3) is 0.353. The van der Waals surface area contributed by atoms with Gasteiger partial charge in [0, 0.05) is 5.56 Å². The molecule has 0 saturated carbocycles. The molecule has 1 aromatic carbocycles. The summed E-state index contributed by atoms with van der Waals surface area (Å²) in [5.74, 6) is 0.717. The molecule has 0 aliphatic heterocycles. The van der Waals surface area contributed by atoms with Crippen LogP contribution in [0.1, 0.15) is 43.1 Å². The topological polar surface area (TPSA) is 26.3 Å². The molecular weight excluding hydrogens is 236 g/mol. The first-order valence-electron chi connectivity index (χ1n) is 6.51. The maximum absolute atomic E-state index is 11.3. The molecule has 0 bridgehead atoms. The summed E-state index contributed by atoms with van der Waals surface area (Å²) in [7, 11) is 1.61. The summed E-state index contributed by atoms with van der Waals surface area (Å²) >= 11 is 0. The van der Waals surface area contributed by atoms with Gasteiger partial charge in [0.1, 0.15) is 5.75 Å². The van der Waals surface area contributed by atoms with Crippen molar-refractivity contribution in [2.75, 3.05) is 7.11 Å². The molecule has 0 aromatic heterocycles. The van der Waals surface area contributed by atoms with Gasteiger partial charge in [0.15, 0.2) is 6.29 Å². The number of methoxy groups -OCH3 is 1. The number of ether oxygens (including phenoxy) is 1. The van der Waals surface area contributed by atoms with E-state index in [-0.39, 0.29) is 5.41 Å². The van der Waals surface area contributed by atoms with Crippen molar-refractivity contribution in [2.24, 2.45) is 5.41 Å². The van der Waals surface area contributed by atoms with Crippen LogP contribution in [0.15, 0.2) is 35.9 Å². The number of rotatable bonds is 3. The molecule has 0 spiro atoms. The van der Waals surface area contributed by atoms with Crippen LogP contribution >= 0.6 is 0 Å². The second kappa shape index (κ2) is 5.04. The monoisotopic (exact) mass is 256 g/mol. The maximum Gasteiger partial charge on any atom is 0.150 e. The standard InChI is InChI=1S/C17H20O2/c1-17(2,3)16-7-5-6-15(16)14-9-8-13(19-4)10-12(14)11-18/h5,7-11H,6H2,1-4H3. The number of allylic oxidation sites excluding steroid dienone is 4. The predicted molar refractivity (Wildman–Crippen MR) is 78.5 cm³/mol. The molecule has 0 amide bonds. The normalized spacial score (nSPS) is 14.9. The number of benzene rings is 1. The Labute approximate surface area is 114 Å². The second-order valence-electron chi connectivity index (χ2n) is 5.82. The van der Waals surface area contributed by atoms with Crippen molar-refractivity contribution < 1.29 is 9.53 Å². The van der Waals surface area contributed by atoms with Gasteiger partial charge >= 0.3 is 0 Å². The Morgan fingerprint density at radius 3 is 2.58 bits per heavy atom. The van der Waals surface area contributed by atoms with Gasteiger partial charge in [0.05, 0.1) is 7.11 Å². The molecule has 19 heavy (non-hydrogen) atoms. The number of carbonyl (C=O) groups is 1. The Kier molecular flexibility index (Phi) is 3.61. The molecular formula is C17H20O2. The van der Waals surface area contributed by atoms with Gasteiger partial charge in [0.2, 0.25) is 0 Å². The van der Waals surface area contributed by atoms with Crippen molar-refractivity contribution in [1.82, 2.24) is 0 Å². The van der Waals surface area contributed by atoms with Crippen LogP contribution in [0.25, 0.3) is 5.57 Å². The maximum atomic E-state index is 11.3. The largest absolute Gasteiger partial charge is 0.497 e.